The number of aryl methyl sites for hydroxylation is 3. The van der Waals surface area contributed by atoms with Crippen molar-refractivity contribution >= 4 is 11.5 Å². The molecule has 0 bridgehead atoms. The second kappa shape index (κ2) is 5.42. The van der Waals surface area contributed by atoms with E-state index in [1.807, 2.05) is 0 Å². The summed E-state index contributed by atoms with van der Waals surface area (Å²) in [5.74, 6) is 0.828. The van der Waals surface area contributed by atoms with E-state index in [2.05, 4.69) is 37.3 Å². The Morgan fingerprint density at radius 2 is 2.00 bits per heavy atom. The first-order chi connectivity index (χ1) is 8.69. The number of nitrogens with zero attached hydrogens (tertiary/aromatic N) is 2. The van der Waals surface area contributed by atoms with E-state index in [0.29, 0.717) is 0 Å². The van der Waals surface area contributed by atoms with Crippen LogP contribution in [0.15, 0.2) is 12.1 Å². The van der Waals surface area contributed by atoms with Crippen molar-refractivity contribution in [1.82, 2.24) is 9.38 Å². The molecule has 0 fully saturated rings. The first-order valence-corrected chi connectivity index (χ1v) is 6.94. The Bertz CT molecular complexity index is 540. The summed E-state index contributed by atoms with van der Waals surface area (Å²) < 4.78 is 2.10. The minimum Gasteiger partial charge on any atom is -0.383 e. The molecule has 2 aromatic rings. The maximum atomic E-state index is 6.25. The van der Waals surface area contributed by atoms with Crippen LogP contribution in [0.4, 0.5) is 5.82 Å². The predicted octanol–water partition coefficient (Wildman–Crippen LogP) is 3.52. The van der Waals surface area contributed by atoms with Gasteiger partial charge in [-0.05, 0) is 37.8 Å². The molecule has 2 heterocycles. The Hall–Kier alpha value is -1.51. The molecule has 98 valence electrons. The minimum atomic E-state index is 0.828. The molecule has 0 aliphatic heterocycles. The van der Waals surface area contributed by atoms with Crippen molar-refractivity contribution in [3.8, 4) is 0 Å². The van der Waals surface area contributed by atoms with E-state index in [4.69, 9.17) is 10.7 Å². The lowest BCUT2D eigenvalue weighted by molar-refractivity contribution is 0.711. The molecule has 2 N–H and O–H groups in total. The standard InChI is InChI=1S/C15H23N3/c1-4-6-7-8-13-14(16)18-11(3)9-10-12(5-2)15(18)17-13/h9-10H,4-8,16H2,1-3H3. The number of imidazole rings is 1. The quantitative estimate of drug-likeness (QED) is 0.819. The second-order valence-electron chi connectivity index (χ2n) is 4.91. The van der Waals surface area contributed by atoms with E-state index < -0.39 is 0 Å². The first-order valence-electron chi connectivity index (χ1n) is 6.94. The number of aromatic nitrogens is 2. The topological polar surface area (TPSA) is 43.3 Å². The first kappa shape index (κ1) is 12.9. The minimum absolute atomic E-state index is 0.828. The molecule has 0 spiro atoms. The average Bonchev–Trinajstić information content (AvgIpc) is 2.69. The van der Waals surface area contributed by atoms with Crippen LogP contribution in [0.1, 0.15) is 50.1 Å². The number of nitrogen functional groups attached to an aromatic ring is 1. The summed E-state index contributed by atoms with van der Waals surface area (Å²) in [6.07, 6.45) is 5.63. The van der Waals surface area contributed by atoms with Crippen LogP contribution < -0.4 is 5.73 Å². The van der Waals surface area contributed by atoms with Gasteiger partial charge in [-0.1, -0.05) is 32.8 Å². The lowest BCUT2D eigenvalue weighted by atomic mass is 10.1. The lowest BCUT2D eigenvalue weighted by Crippen LogP contribution is -2.00. The maximum Gasteiger partial charge on any atom is 0.142 e. The normalized spacial score (nSPS) is 11.3. The molecule has 0 amide bonds. The van der Waals surface area contributed by atoms with Gasteiger partial charge in [0.05, 0.1) is 5.69 Å². The van der Waals surface area contributed by atoms with Crippen LogP contribution in [0, 0.1) is 6.92 Å². The third-order valence-corrected chi connectivity index (χ3v) is 3.55. The molecule has 0 aliphatic rings. The molecule has 18 heavy (non-hydrogen) atoms. The van der Waals surface area contributed by atoms with Crippen LogP contribution >= 0.6 is 0 Å². The van der Waals surface area contributed by atoms with Crippen LogP contribution in [0.2, 0.25) is 0 Å². The van der Waals surface area contributed by atoms with Crippen molar-refractivity contribution in [1.29, 1.82) is 0 Å². The van der Waals surface area contributed by atoms with Crippen molar-refractivity contribution in [3.05, 3.63) is 29.1 Å². The Balaban J connectivity index is 2.44. The number of fused-ring (bicyclic) bond motifs is 1. The average molecular weight is 245 g/mol. The summed E-state index contributed by atoms with van der Waals surface area (Å²) in [5, 5.41) is 0. The number of nitrogens with two attached hydrogens (primary N) is 1. The van der Waals surface area contributed by atoms with Gasteiger partial charge >= 0.3 is 0 Å². The molecule has 0 unspecified atom stereocenters. The highest BCUT2D eigenvalue weighted by atomic mass is 15.1. The van der Waals surface area contributed by atoms with Gasteiger partial charge in [-0.25, -0.2) is 4.98 Å². The number of hydrogen-bond acceptors (Lipinski definition) is 2. The molecule has 0 saturated carbocycles. The van der Waals surface area contributed by atoms with Crippen molar-refractivity contribution < 1.29 is 0 Å². The van der Waals surface area contributed by atoms with E-state index in [-0.39, 0.29) is 0 Å². The van der Waals surface area contributed by atoms with Crippen LogP contribution in [-0.2, 0) is 12.8 Å². The molecule has 3 nitrogen and oxygen atoms in total. The molecule has 0 aliphatic carbocycles. The Morgan fingerprint density at radius 1 is 1.22 bits per heavy atom. The molecule has 0 saturated heterocycles. The van der Waals surface area contributed by atoms with Gasteiger partial charge in [0.25, 0.3) is 0 Å². The molecule has 0 atom stereocenters. The van der Waals surface area contributed by atoms with Crippen LogP contribution in [0.25, 0.3) is 5.65 Å². The fraction of sp³-hybridized carbons (Fsp3) is 0.533. The SMILES string of the molecule is CCCCCc1nc2c(CC)ccc(C)n2c1N. The molecule has 0 radical (unpaired) electrons. The fourth-order valence-corrected chi connectivity index (χ4v) is 2.42. The molecule has 2 aromatic heterocycles. The highest BCUT2D eigenvalue weighted by Gasteiger charge is 2.12. The Labute approximate surface area is 109 Å². The van der Waals surface area contributed by atoms with E-state index in [0.717, 1.165) is 35.7 Å². The highest BCUT2D eigenvalue weighted by Crippen LogP contribution is 2.22. The van der Waals surface area contributed by atoms with Gasteiger partial charge in [-0.3, -0.25) is 4.40 Å². The van der Waals surface area contributed by atoms with Crippen molar-refractivity contribution in [2.45, 2.75) is 52.9 Å². The predicted molar refractivity (Wildman–Crippen MR) is 76.9 cm³/mol. The number of pyridine rings is 1. The van der Waals surface area contributed by atoms with Gasteiger partial charge in [0, 0.05) is 5.69 Å². The largest absolute Gasteiger partial charge is 0.383 e. The molecular formula is C15H23N3. The number of rotatable bonds is 5. The smallest absolute Gasteiger partial charge is 0.142 e. The van der Waals surface area contributed by atoms with E-state index in [1.165, 1.54) is 24.8 Å². The monoisotopic (exact) mass is 245 g/mol. The molecule has 0 aromatic carbocycles. The van der Waals surface area contributed by atoms with Gasteiger partial charge in [0.2, 0.25) is 0 Å². The summed E-state index contributed by atoms with van der Waals surface area (Å²) in [5.41, 5.74) is 10.8. The Morgan fingerprint density at radius 3 is 2.67 bits per heavy atom. The van der Waals surface area contributed by atoms with Crippen LogP contribution in [0.3, 0.4) is 0 Å². The second-order valence-corrected chi connectivity index (χ2v) is 4.91. The van der Waals surface area contributed by atoms with Gasteiger partial charge in [0.1, 0.15) is 11.5 Å². The van der Waals surface area contributed by atoms with Crippen molar-refractivity contribution in [2.75, 3.05) is 5.73 Å². The van der Waals surface area contributed by atoms with E-state index in [1.54, 1.807) is 0 Å². The van der Waals surface area contributed by atoms with E-state index in [9.17, 15) is 0 Å². The van der Waals surface area contributed by atoms with Crippen LogP contribution in [0.5, 0.6) is 0 Å². The fourth-order valence-electron chi connectivity index (χ4n) is 2.42. The summed E-state index contributed by atoms with van der Waals surface area (Å²) in [6.45, 7) is 6.46. The van der Waals surface area contributed by atoms with Gasteiger partial charge < -0.3 is 5.73 Å². The van der Waals surface area contributed by atoms with Crippen molar-refractivity contribution in [3.63, 3.8) is 0 Å². The zero-order valence-corrected chi connectivity index (χ0v) is 11.7. The molecule has 3 heteroatoms. The lowest BCUT2D eigenvalue weighted by Gasteiger charge is -2.05. The summed E-state index contributed by atoms with van der Waals surface area (Å²) in [6, 6.07) is 4.28. The van der Waals surface area contributed by atoms with Gasteiger partial charge in [-0.15, -0.1) is 0 Å². The molecule has 2 rings (SSSR count). The zero-order valence-electron chi connectivity index (χ0n) is 11.7. The number of unbranched alkanes of at least 4 members (excludes halogenated alkanes) is 2. The summed E-state index contributed by atoms with van der Waals surface area (Å²) >= 11 is 0. The maximum absolute atomic E-state index is 6.25. The number of anilines is 1. The van der Waals surface area contributed by atoms with Gasteiger partial charge in [0.15, 0.2) is 0 Å². The third kappa shape index (κ3) is 2.22. The zero-order chi connectivity index (χ0) is 13.1. The Kier molecular flexibility index (Phi) is 3.90. The highest BCUT2D eigenvalue weighted by molar-refractivity contribution is 5.59. The van der Waals surface area contributed by atoms with E-state index >= 15 is 0 Å². The number of hydrogen-bond donors (Lipinski definition) is 1. The third-order valence-electron chi connectivity index (χ3n) is 3.55. The van der Waals surface area contributed by atoms with Gasteiger partial charge in [-0.2, -0.15) is 0 Å². The van der Waals surface area contributed by atoms with Crippen molar-refractivity contribution in [2.24, 2.45) is 0 Å². The summed E-state index contributed by atoms with van der Waals surface area (Å²) in [7, 11) is 0. The molecular weight excluding hydrogens is 222 g/mol. The van der Waals surface area contributed by atoms with Crippen LogP contribution in [-0.4, -0.2) is 9.38 Å². The summed E-state index contributed by atoms with van der Waals surface area (Å²) in [4.78, 5) is 4.75.